The summed E-state index contributed by atoms with van der Waals surface area (Å²) in [7, 11) is 0. The summed E-state index contributed by atoms with van der Waals surface area (Å²) in [6.07, 6.45) is 3.24. The van der Waals surface area contributed by atoms with E-state index in [1.807, 2.05) is 13.8 Å². The molecule has 1 aromatic rings. The van der Waals surface area contributed by atoms with Crippen molar-refractivity contribution in [1.29, 1.82) is 0 Å². The van der Waals surface area contributed by atoms with Crippen molar-refractivity contribution in [2.24, 2.45) is 0 Å². The monoisotopic (exact) mass is 165 g/mol. The Labute approximate surface area is 71.1 Å². The average Bonchev–Trinajstić information content (AvgIpc) is 2.47. The van der Waals surface area contributed by atoms with Crippen molar-refractivity contribution >= 4 is 12.4 Å². The molecule has 1 heterocycles. The zero-order chi connectivity index (χ0) is 8.97. The van der Waals surface area contributed by atoms with Gasteiger partial charge >= 0.3 is 0 Å². The van der Waals surface area contributed by atoms with E-state index in [4.69, 9.17) is 4.52 Å². The van der Waals surface area contributed by atoms with Gasteiger partial charge in [0.15, 0.2) is 5.76 Å². The smallest absolute Gasteiger partial charge is 0.160 e. The van der Waals surface area contributed by atoms with E-state index < -0.39 is 0 Å². The second kappa shape index (κ2) is 3.85. The van der Waals surface area contributed by atoms with E-state index in [0.29, 0.717) is 17.8 Å². The van der Waals surface area contributed by atoms with Crippen LogP contribution in [0.25, 0.3) is 6.08 Å². The maximum atomic E-state index is 10.4. The average molecular weight is 165 g/mol. The summed E-state index contributed by atoms with van der Waals surface area (Å²) < 4.78 is 4.91. The van der Waals surface area contributed by atoms with Gasteiger partial charge in [-0.2, -0.15) is 0 Å². The third-order valence-corrected chi connectivity index (χ3v) is 1.53. The lowest BCUT2D eigenvalue weighted by Crippen LogP contribution is -1.80. The van der Waals surface area contributed by atoms with E-state index >= 15 is 0 Å². The Morgan fingerprint density at radius 2 is 2.50 bits per heavy atom. The van der Waals surface area contributed by atoms with Crippen LogP contribution < -0.4 is 0 Å². The lowest BCUT2D eigenvalue weighted by molar-refractivity contribution is -0.104. The maximum Gasteiger partial charge on any atom is 0.160 e. The van der Waals surface area contributed by atoms with Crippen molar-refractivity contribution in [3.05, 3.63) is 23.1 Å². The molecule has 1 aromatic heterocycles. The molecule has 3 heteroatoms. The van der Waals surface area contributed by atoms with Crippen LogP contribution >= 0.6 is 0 Å². The zero-order valence-corrected chi connectivity index (χ0v) is 7.20. The first kappa shape index (κ1) is 8.71. The van der Waals surface area contributed by atoms with E-state index in [9.17, 15) is 4.79 Å². The first-order valence-electron chi connectivity index (χ1n) is 3.85. The van der Waals surface area contributed by atoms with E-state index in [1.165, 1.54) is 0 Å². The van der Waals surface area contributed by atoms with E-state index in [0.717, 1.165) is 12.0 Å². The number of nitrogens with zero attached hydrogens (tertiary/aromatic N) is 1. The summed E-state index contributed by atoms with van der Waals surface area (Å²) in [5, 5.41) is 3.70. The Balaban J connectivity index is 2.85. The molecule has 0 N–H and O–H groups in total. The normalized spacial score (nSPS) is 11.7. The van der Waals surface area contributed by atoms with Gasteiger partial charge in [-0.1, -0.05) is 12.1 Å². The van der Waals surface area contributed by atoms with E-state index in [1.54, 1.807) is 12.1 Å². The highest BCUT2D eigenvalue weighted by molar-refractivity contribution is 5.80. The van der Waals surface area contributed by atoms with Crippen LogP contribution in [0.15, 0.2) is 16.2 Å². The van der Waals surface area contributed by atoms with Crippen molar-refractivity contribution in [1.82, 2.24) is 5.16 Å². The molecule has 64 valence electrons. The van der Waals surface area contributed by atoms with Gasteiger partial charge in [0.25, 0.3) is 0 Å². The van der Waals surface area contributed by atoms with Crippen LogP contribution in [0.4, 0.5) is 0 Å². The molecular weight excluding hydrogens is 154 g/mol. The zero-order valence-electron chi connectivity index (χ0n) is 7.20. The molecule has 0 radical (unpaired) electrons. The van der Waals surface area contributed by atoms with Gasteiger partial charge in [0.2, 0.25) is 0 Å². The number of carbonyl (C=O) groups excluding carboxylic acids is 1. The Hall–Kier alpha value is -1.38. The van der Waals surface area contributed by atoms with Gasteiger partial charge in [-0.15, -0.1) is 0 Å². The van der Waals surface area contributed by atoms with Crippen molar-refractivity contribution in [2.45, 2.75) is 20.3 Å². The summed E-state index contributed by atoms with van der Waals surface area (Å²) in [5.41, 5.74) is 1.54. The number of allylic oxidation sites excluding steroid dienone is 1. The maximum absolute atomic E-state index is 10.4. The van der Waals surface area contributed by atoms with Gasteiger partial charge in [0.1, 0.15) is 6.29 Å². The summed E-state index contributed by atoms with van der Waals surface area (Å²) >= 11 is 0. The van der Waals surface area contributed by atoms with Crippen molar-refractivity contribution in [2.75, 3.05) is 0 Å². The molecule has 0 fully saturated rings. The molecule has 0 unspecified atom stereocenters. The predicted octanol–water partition coefficient (Wildman–Crippen LogP) is 1.98. The molecule has 3 nitrogen and oxygen atoms in total. The topological polar surface area (TPSA) is 43.1 Å². The minimum Gasteiger partial charge on any atom is -0.357 e. The van der Waals surface area contributed by atoms with Gasteiger partial charge in [0.05, 0.1) is 5.69 Å². The lowest BCUT2D eigenvalue weighted by atomic mass is 10.2. The van der Waals surface area contributed by atoms with E-state index in [2.05, 4.69) is 5.16 Å². The molecule has 1 rings (SSSR count). The lowest BCUT2D eigenvalue weighted by Gasteiger charge is -1.88. The van der Waals surface area contributed by atoms with Gasteiger partial charge in [-0.05, 0) is 25.0 Å². The first-order valence-corrected chi connectivity index (χ1v) is 3.85. The van der Waals surface area contributed by atoms with Crippen LogP contribution in [-0.4, -0.2) is 11.4 Å². The molecular formula is C9H11NO2. The number of aromatic nitrogens is 1. The highest BCUT2D eigenvalue weighted by atomic mass is 16.5. The molecule has 0 aromatic carbocycles. The highest BCUT2D eigenvalue weighted by Gasteiger charge is 1.98. The second-order valence-corrected chi connectivity index (χ2v) is 2.56. The van der Waals surface area contributed by atoms with Crippen LogP contribution in [0, 0.1) is 6.92 Å². The molecule has 12 heavy (non-hydrogen) atoms. The summed E-state index contributed by atoms with van der Waals surface area (Å²) in [4.78, 5) is 10.4. The van der Waals surface area contributed by atoms with Crippen LogP contribution in [0.2, 0.25) is 0 Å². The first-order chi connectivity index (χ1) is 5.76. The number of carbonyl (C=O) groups is 1. The molecule has 0 saturated carbocycles. The van der Waals surface area contributed by atoms with Crippen LogP contribution in [0.1, 0.15) is 24.8 Å². The predicted molar refractivity (Wildman–Crippen MR) is 45.6 cm³/mol. The second-order valence-electron chi connectivity index (χ2n) is 2.56. The highest BCUT2D eigenvalue weighted by Crippen LogP contribution is 2.08. The molecule has 0 saturated heterocycles. The molecule has 0 spiro atoms. The SMILES string of the molecule is CC/C(C=O)=C/c1cc(C)no1. The Morgan fingerprint density at radius 1 is 1.75 bits per heavy atom. The molecule has 0 aliphatic heterocycles. The van der Waals surface area contributed by atoms with Crippen molar-refractivity contribution in [3.63, 3.8) is 0 Å². The minimum atomic E-state index is 0.636. The quantitative estimate of drug-likeness (QED) is 0.508. The molecule has 0 aliphatic rings. The molecule has 0 aliphatic carbocycles. The fraction of sp³-hybridized carbons (Fsp3) is 0.333. The summed E-state index contributed by atoms with van der Waals surface area (Å²) in [6.45, 7) is 3.76. The van der Waals surface area contributed by atoms with E-state index in [-0.39, 0.29) is 0 Å². The minimum absolute atomic E-state index is 0.636. The van der Waals surface area contributed by atoms with Gasteiger partial charge in [-0.25, -0.2) is 0 Å². The fourth-order valence-electron chi connectivity index (χ4n) is 0.853. The Morgan fingerprint density at radius 3 is 2.92 bits per heavy atom. The molecule has 0 amide bonds. The number of hydrogen-bond donors (Lipinski definition) is 0. The summed E-state index contributed by atoms with van der Waals surface area (Å²) in [5.74, 6) is 0.636. The van der Waals surface area contributed by atoms with Gasteiger partial charge in [-0.3, -0.25) is 4.79 Å². The van der Waals surface area contributed by atoms with Gasteiger partial charge in [0, 0.05) is 6.07 Å². The fourth-order valence-corrected chi connectivity index (χ4v) is 0.853. The van der Waals surface area contributed by atoms with Crippen molar-refractivity contribution in [3.8, 4) is 0 Å². The number of aldehydes is 1. The largest absolute Gasteiger partial charge is 0.357 e. The van der Waals surface area contributed by atoms with Crippen LogP contribution in [0.5, 0.6) is 0 Å². The Bertz CT molecular complexity index is 299. The third kappa shape index (κ3) is 2.05. The number of hydrogen-bond acceptors (Lipinski definition) is 3. The number of rotatable bonds is 3. The standard InChI is InChI=1S/C9H11NO2/c1-3-8(6-11)5-9-4-7(2)10-12-9/h4-6H,3H2,1-2H3/b8-5-. The summed E-state index contributed by atoms with van der Waals surface area (Å²) in [6, 6.07) is 1.79. The van der Waals surface area contributed by atoms with Crippen LogP contribution in [-0.2, 0) is 4.79 Å². The van der Waals surface area contributed by atoms with Crippen LogP contribution in [0.3, 0.4) is 0 Å². The number of aryl methyl sites for hydroxylation is 1. The Kier molecular flexibility index (Phi) is 2.80. The van der Waals surface area contributed by atoms with Crippen molar-refractivity contribution < 1.29 is 9.32 Å². The molecule has 0 atom stereocenters. The molecule has 0 bridgehead atoms. The van der Waals surface area contributed by atoms with Gasteiger partial charge < -0.3 is 4.52 Å². The third-order valence-electron chi connectivity index (χ3n) is 1.53.